The Morgan fingerprint density at radius 2 is 2.00 bits per heavy atom. The predicted octanol–water partition coefficient (Wildman–Crippen LogP) is 3.74. The van der Waals surface area contributed by atoms with E-state index < -0.39 is 5.82 Å². The van der Waals surface area contributed by atoms with Crippen LogP contribution in [0, 0.1) is 5.82 Å². The second-order valence-corrected chi connectivity index (χ2v) is 6.90. The second-order valence-electron chi connectivity index (χ2n) is 6.49. The highest BCUT2D eigenvalue weighted by Gasteiger charge is 2.30. The molecular formula is C18H14ClFN8. The van der Waals surface area contributed by atoms with Crippen LogP contribution in [0.25, 0.3) is 22.7 Å². The van der Waals surface area contributed by atoms with Crippen molar-refractivity contribution in [2.75, 3.05) is 11.1 Å². The van der Waals surface area contributed by atoms with Crippen molar-refractivity contribution in [1.29, 1.82) is 0 Å². The molecule has 1 fully saturated rings. The monoisotopic (exact) mass is 396 g/mol. The third kappa shape index (κ3) is 2.99. The largest absolute Gasteiger partial charge is 0.368 e. The van der Waals surface area contributed by atoms with E-state index in [1.165, 1.54) is 12.1 Å². The van der Waals surface area contributed by atoms with Crippen molar-refractivity contribution < 1.29 is 4.39 Å². The summed E-state index contributed by atoms with van der Waals surface area (Å²) in [5, 5.41) is 3.28. The second kappa shape index (κ2) is 6.38. The zero-order valence-electron chi connectivity index (χ0n) is 14.5. The third-order valence-electron chi connectivity index (χ3n) is 4.43. The Bertz CT molecular complexity index is 1200. The average molecular weight is 397 g/mol. The number of halogens is 2. The number of nitrogens with zero attached hydrogens (tertiary/aromatic N) is 6. The highest BCUT2D eigenvalue weighted by atomic mass is 35.5. The minimum absolute atomic E-state index is 0.186. The molecule has 0 atom stereocenters. The van der Waals surface area contributed by atoms with E-state index in [0.29, 0.717) is 40.4 Å². The number of aromatic nitrogens is 6. The lowest BCUT2D eigenvalue weighted by atomic mass is 10.3. The first kappa shape index (κ1) is 16.8. The summed E-state index contributed by atoms with van der Waals surface area (Å²) in [6, 6.07) is 6.15. The average Bonchev–Trinajstić information content (AvgIpc) is 3.44. The van der Waals surface area contributed by atoms with Crippen LogP contribution in [-0.2, 0) is 0 Å². The van der Waals surface area contributed by atoms with E-state index in [9.17, 15) is 4.39 Å². The quantitative estimate of drug-likeness (QED) is 0.541. The van der Waals surface area contributed by atoms with E-state index in [-0.39, 0.29) is 11.0 Å². The molecule has 1 saturated carbocycles. The number of nitrogen functional groups attached to an aromatic ring is 1. The van der Waals surface area contributed by atoms with Gasteiger partial charge in [0.25, 0.3) is 0 Å². The molecule has 0 radical (unpaired) electrons. The van der Waals surface area contributed by atoms with Gasteiger partial charge in [0.2, 0.25) is 11.9 Å². The molecule has 3 aromatic heterocycles. The molecule has 1 aliphatic rings. The van der Waals surface area contributed by atoms with Crippen LogP contribution in [0.1, 0.15) is 18.9 Å². The maximum atomic E-state index is 13.3. The molecule has 4 aromatic rings. The number of rotatable bonds is 4. The molecule has 10 heteroatoms. The first-order valence-corrected chi connectivity index (χ1v) is 9.02. The molecule has 0 amide bonds. The van der Waals surface area contributed by atoms with Crippen LogP contribution in [0.2, 0.25) is 5.02 Å². The summed E-state index contributed by atoms with van der Waals surface area (Å²) < 4.78 is 15.3. The van der Waals surface area contributed by atoms with Gasteiger partial charge in [-0.1, -0.05) is 11.6 Å². The van der Waals surface area contributed by atoms with Crippen LogP contribution in [-0.4, -0.2) is 29.5 Å². The number of nitrogens with one attached hydrogen (secondary N) is 1. The van der Waals surface area contributed by atoms with Gasteiger partial charge in [0.05, 0.1) is 16.9 Å². The van der Waals surface area contributed by atoms with E-state index in [2.05, 4.69) is 34.8 Å². The fourth-order valence-electron chi connectivity index (χ4n) is 3.02. The van der Waals surface area contributed by atoms with Gasteiger partial charge >= 0.3 is 0 Å². The van der Waals surface area contributed by atoms with Gasteiger partial charge in [-0.3, -0.25) is 0 Å². The van der Waals surface area contributed by atoms with Crippen molar-refractivity contribution >= 4 is 40.3 Å². The molecule has 0 aliphatic heterocycles. The summed E-state index contributed by atoms with van der Waals surface area (Å²) in [7, 11) is 0. The van der Waals surface area contributed by atoms with Crippen LogP contribution in [0.3, 0.4) is 0 Å². The van der Waals surface area contributed by atoms with Crippen molar-refractivity contribution in [3.63, 3.8) is 0 Å². The van der Waals surface area contributed by atoms with Gasteiger partial charge in [0.15, 0.2) is 11.5 Å². The number of anilines is 3. The summed E-state index contributed by atoms with van der Waals surface area (Å²) in [6.45, 7) is 0. The summed E-state index contributed by atoms with van der Waals surface area (Å²) in [5.74, 6) is 0.799. The highest BCUT2D eigenvalue weighted by molar-refractivity contribution is 6.33. The van der Waals surface area contributed by atoms with Crippen LogP contribution >= 0.6 is 11.6 Å². The van der Waals surface area contributed by atoms with Crippen molar-refractivity contribution in [1.82, 2.24) is 29.5 Å². The molecule has 0 unspecified atom stereocenters. The number of nitrogens with two attached hydrogens (primary N) is 1. The normalized spacial score (nSPS) is 13.8. The minimum Gasteiger partial charge on any atom is -0.368 e. The number of hydrogen-bond donors (Lipinski definition) is 2. The molecule has 0 saturated heterocycles. The molecule has 0 spiro atoms. The van der Waals surface area contributed by atoms with Crippen LogP contribution in [0.15, 0.2) is 36.7 Å². The van der Waals surface area contributed by atoms with Gasteiger partial charge < -0.3 is 15.6 Å². The van der Waals surface area contributed by atoms with Crippen LogP contribution in [0.4, 0.5) is 22.0 Å². The van der Waals surface area contributed by atoms with Crippen LogP contribution in [0.5, 0.6) is 0 Å². The summed E-state index contributed by atoms with van der Waals surface area (Å²) in [5.41, 5.74) is 8.21. The highest BCUT2D eigenvalue weighted by Crippen LogP contribution is 2.40. The number of imidazole rings is 1. The molecule has 140 valence electrons. The molecule has 3 N–H and O–H groups in total. The minimum atomic E-state index is -0.410. The standard InChI is InChI=1S/C18H14ClFN8/c19-11-7-9(20)1-4-12(11)26-18-23-8-14-16(27-18)28(10-2-3-10)15(24-14)13-5-6-22-17(21)25-13/h1,4-8,10H,2-3H2,(H2,21,22,25)(H,23,26,27). The summed E-state index contributed by atoms with van der Waals surface area (Å²) in [6.07, 6.45) is 5.31. The zero-order valence-corrected chi connectivity index (χ0v) is 15.2. The SMILES string of the molecule is Nc1nccc(-c2nc3cnc(Nc4ccc(F)cc4Cl)nc3n2C2CC2)n1. The topological polar surface area (TPSA) is 107 Å². The first-order valence-electron chi connectivity index (χ1n) is 8.64. The molecule has 1 aromatic carbocycles. The lowest BCUT2D eigenvalue weighted by Gasteiger charge is -2.09. The fourth-order valence-corrected chi connectivity index (χ4v) is 3.23. The smallest absolute Gasteiger partial charge is 0.229 e. The number of benzene rings is 1. The Hall–Kier alpha value is -3.33. The van der Waals surface area contributed by atoms with E-state index >= 15 is 0 Å². The maximum Gasteiger partial charge on any atom is 0.229 e. The van der Waals surface area contributed by atoms with E-state index in [1.807, 2.05) is 0 Å². The Morgan fingerprint density at radius 1 is 1.14 bits per heavy atom. The van der Waals surface area contributed by atoms with E-state index in [4.69, 9.17) is 17.3 Å². The van der Waals surface area contributed by atoms with Crippen LogP contribution < -0.4 is 11.1 Å². The van der Waals surface area contributed by atoms with Gasteiger partial charge in [0, 0.05) is 12.2 Å². The summed E-state index contributed by atoms with van der Waals surface area (Å²) in [4.78, 5) is 21.8. The number of hydrogen-bond acceptors (Lipinski definition) is 7. The molecule has 3 heterocycles. The third-order valence-corrected chi connectivity index (χ3v) is 4.74. The lowest BCUT2D eigenvalue weighted by Crippen LogP contribution is -2.03. The molecule has 0 bridgehead atoms. The number of fused-ring (bicyclic) bond motifs is 1. The molecule has 28 heavy (non-hydrogen) atoms. The van der Waals surface area contributed by atoms with E-state index in [0.717, 1.165) is 12.8 Å². The van der Waals surface area contributed by atoms with E-state index in [1.54, 1.807) is 24.5 Å². The van der Waals surface area contributed by atoms with Gasteiger partial charge in [-0.05, 0) is 37.1 Å². The Kier molecular flexibility index (Phi) is 3.83. The maximum absolute atomic E-state index is 13.3. The molecular weight excluding hydrogens is 383 g/mol. The Labute approximate surface area is 163 Å². The van der Waals surface area contributed by atoms with Crippen molar-refractivity contribution in [3.8, 4) is 11.5 Å². The van der Waals surface area contributed by atoms with Gasteiger partial charge in [-0.25, -0.2) is 24.3 Å². The summed E-state index contributed by atoms with van der Waals surface area (Å²) >= 11 is 6.09. The molecule has 5 rings (SSSR count). The van der Waals surface area contributed by atoms with Crippen molar-refractivity contribution in [3.05, 3.63) is 47.5 Å². The predicted molar refractivity (Wildman–Crippen MR) is 104 cm³/mol. The molecule has 8 nitrogen and oxygen atoms in total. The van der Waals surface area contributed by atoms with Crippen molar-refractivity contribution in [2.24, 2.45) is 0 Å². The molecule has 1 aliphatic carbocycles. The zero-order chi connectivity index (χ0) is 19.3. The van der Waals surface area contributed by atoms with Gasteiger partial charge in [-0.2, -0.15) is 4.98 Å². The van der Waals surface area contributed by atoms with Crippen molar-refractivity contribution in [2.45, 2.75) is 18.9 Å². The Morgan fingerprint density at radius 3 is 2.75 bits per heavy atom. The Balaban J connectivity index is 1.60. The lowest BCUT2D eigenvalue weighted by molar-refractivity contribution is 0.628. The first-order chi connectivity index (χ1) is 13.6. The van der Waals surface area contributed by atoms with Gasteiger partial charge in [0.1, 0.15) is 17.0 Å². The van der Waals surface area contributed by atoms with Gasteiger partial charge in [-0.15, -0.1) is 0 Å². The fraction of sp³-hybridized carbons (Fsp3) is 0.167.